The lowest BCUT2D eigenvalue weighted by Gasteiger charge is -2.23. The van der Waals surface area contributed by atoms with Gasteiger partial charge < -0.3 is 19.9 Å². The highest BCUT2D eigenvalue weighted by molar-refractivity contribution is 7.98. The number of anilines is 1. The molecule has 0 amide bonds. The molecule has 37 heavy (non-hydrogen) atoms. The van der Waals surface area contributed by atoms with Crippen LogP contribution in [0.3, 0.4) is 0 Å². The zero-order valence-corrected chi connectivity index (χ0v) is 21.0. The van der Waals surface area contributed by atoms with Crippen LogP contribution in [0.1, 0.15) is 22.9 Å². The predicted octanol–water partition coefficient (Wildman–Crippen LogP) is 3.77. The normalized spacial score (nSPS) is 13.7. The molecule has 0 spiro atoms. The summed E-state index contributed by atoms with van der Waals surface area (Å²) in [6.45, 7) is 1.56. The molecule has 5 rings (SSSR count). The van der Waals surface area contributed by atoms with Crippen LogP contribution >= 0.6 is 11.8 Å². The third-order valence-corrected chi connectivity index (χ3v) is 6.87. The van der Waals surface area contributed by atoms with Crippen molar-refractivity contribution in [2.45, 2.75) is 24.0 Å². The number of fused-ring (bicyclic) bond motifs is 3. The zero-order chi connectivity index (χ0) is 25.9. The van der Waals surface area contributed by atoms with Crippen molar-refractivity contribution >= 4 is 23.4 Å². The maximum atomic E-state index is 13.3. The molecule has 0 unspecified atom stereocenters. The third kappa shape index (κ3) is 5.14. The smallest absolute Gasteiger partial charge is 0.341 e. The van der Waals surface area contributed by atoms with Gasteiger partial charge in [0.25, 0.3) is 6.17 Å². The maximum absolute atomic E-state index is 13.3. The summed E-state index contributed by atoms with van der Waals surface area (Å²) in [5.74, 6) is 0.254. The standard InChI is InChI=1S/C27H24N4O5S/c1-16-7-9-17(10-8-16)15-37-27-29-26(34)24-19-5-3-4-6-20(19)28-25(31(24)30-27)18-11-12-21(22(13-18)35-2)36-14-23(32)33/h3-13,25H,14-15H2,1-2H3,(H2,29,30,32,33,34)/p+1/t25-/m1/s1. The topological polar surface area (TPSA) is 117 Å². The quantitative estimate of drug-likeness (QED) is 0.239. The number of nitrogens with one attached hydrogen (secondary N) is 2. The summed E-state index contributed by atoms with van der Waals surface area (Å²) in [5.41, 5.74) is 4.81. The van der Waals surface area contributed by atoms with Crippen LogP contribution in [0.15, 0.2) is 76.7 Å². The van der Waals surface area contributed by atoms with Gasteiger partial charge in [-0.25, -0.2) is 4.79 Å². The molecule has 0 saturated carbocycles. The molecule has 1 atom stereocenters. The minimum Gasteiger partial charge on any atom is -0.493 e. The van der Waals surface area contributed by atoms with E-state index >= 15 is 0 Å². The Morgan fingerprint density at radius 1 is 1.11 bits per heavy atom. The van der Waals surface area contributed by atoms with Crippen LogP contribution in [0.4, 0.5) is 5.69 Å². The highest BCUT2D eigenvalue weighted by atomic mass is 32.2. The number of nitrogens with zero attached hydrogens (tertiary/aromatic N) is 2. The number of aryl methyl sites for hydroxylation is 1. The number of methoxy groups -OCH3 is 1. The molecule has 1 aliphatic rings. The van der Waals surface area contributed by atoms with Gasteiger partial charge in [0.15, 0.2) is 18.1 Å². The number of para-hydroxylation sites is 1. The molecule has 1 aliphatic heterocycles. The Hall–Kier alpha value is -4.31. The van der Waals surface area contributed by atoms with Crippen LogP contribution in [0.5, 0.6) is 11.5 Å². The van der Waals surface area contributed by atoms with Crippen molar-refractivity contribution in [3.8, 4) is 22.8 Å². The average Bonchev–Trinajstić information content (AvgIpc) is 2.90. The Morgan fingerprint density at radius 2 is 1.89 bits per heavy atom. The second-order valence-electron chi connectivity index (χ2n) is 8.51. The zero-order valence-electron chi connectivity index (χ0n) is 20.2. The molecule has 0 saturated heterocycles. The molecule has 2 heterocycles. The Morgan fingerprint density at radius 3 is 2.65 bits per heavy atom. The van der Waals surface area contributed by atoms with Gasteiger partial charge in [0, 0.05) is 16.4 Å². The van der Waals surface area contributed by atoms with Gasteiger partial charge in [0.1, 0.15) is 0 Å². The van der Waals surface area contributed by atoms with E-state index in [1.54, 1.807) is 22.9 Å². The van der Waals surface area contributed by atoms with Crippen molar-refractivity contribution in [3.63, 3.8) is 0 Å². The first kappa shape index (κ1) is 24.4. The van der Waals surface area contributed by atoms with Gasteiger partial charge in [-0.3, -0.25) is 9.78 Å². The molecule has 0 fully saturated rings. The van der Waals surface area contributed by atoms with E-state index in [0.717, 1.165) is 22.4 Å². The van der Waals surface area contributed by atoms with Crippen LogP contribution in [-0.2, 0) is 10.5 Å². The van der Waals surface area contributed by atoms with E-state index in [2.05, 4.69) is 34.6 Å². The number of thioether (sulfide) groups is 1. The van der Waals surface area contributed by atoms with Gasteiger partial charge in [-0.15, -0.1) is 0 Å². The lowest BCUT2D eigenvalue weighted by atomic mass is 10.0. The highest BCUT2D eigenvalue weighted by Gasteiger charge is 2.38. The van der Waals surface area contributed by atoms with E-state index in [4.69, 9.17) is 19.7 Å². The van der Waals surface area contributed by atoms with Crippen LogP contribution in [-0.4, -0.2) is 34.9 Å². The number of H-pyrrole nitrogens is 1. The van der Waals surface area contributed by atoms with Crippen molar-refractivity contribution in [3.05, 3.63) is 93.8 Å². The number of benzene rings is 3. The fourth-order valence-electron chi connectivity index (χ4n) is 4.13. The first-order valence-corrected chi connectivity index (χ1v) is 12.5. The van der Waals surface area contributed by atoms with Crippen LogP contribution in [0, 0.1) is 6.92 Å². The van der Waals surface area contributed by atoms with Crippen LogP contribution in [0.25, 0.3) is 11.3 Å². The van der Waals surface area contributed by atoms with E-state index < -0.39 is 18.7 Å². The van der Waals surface area contributed by atoms with Crippen molar-refractivity contribution in [1.29, 1.82) is 0 Å². The Kier molecular flexibility index (Phi) is 6.82. The van der Waals surface area contributed by atoms with Crippen molar-refractivity contribution in [2.24, 2.45) is 0 Å². The van der Waals surface area contributed by atoms with E-state index in [-0.39, 0.29) is 5.56 Å². The van der Waals surface area contributed by atoms with Gasteiger partial charge in [0.2, 0.25) is 5.16 Å². The molecule has 4 aromatic rings. The SMILES string of the molecule is COc1cc([C@@H]2Nc3ccccc3-c3c(=O)[nH]c(SCc4ccc(C)cc4)n[n+]32)ccc1OCC(=O)O. The average molecular weight is 518 g/mol. The van der Waals surface area contributed by atoms with Gasteiger partial charge >= 0.3 is 17.2 Å². The lowest BCUT2D eigenvalue weighted by molar-refractivity contribution is -0.759. The van der Waals surface area contributed by atoms with Gasteiger partial charge in [-0.1, -0.05) is 53.7 Å². The molecule has 188 valence electrons. The predicted molar refractivity (Wildman–Crippen MR) is 139 cm³/mol. The number of carbonyl (C=O) groups is 1. The second kappa shape index (κ2) is 10.4. The lowest BCUT2D eigenvalue weighted by Crippen LogP contribution is -2.55. The van der Waals surface area contributed by atoms with Gasteiger partial charge in [0.05, 0.1) is 18.4 Å². The van der Waals surface area contributed by atoms with Crippen molar-refractivity contribution in [2.75, 3.05) is 19.0 Å². The van der Waals surface area contributed by atoms with Crippen molar-refractivity contribution < 1.29 is 24.1 Å². The molecule has 0 aliphatic carbocycles. The van der Waals surface area contributed by atoms with E-state index in [1.807, 2.05) is 31.2 Å². The number of aromatic amines is 1. The summed E-state index contributed by atoms with van der Waals surface area (Å²) < 4.78 is 12.5. The number of carboxylic acid groups (broad SMARTS) is 1. The van der Waals surface area contributed by atoms with E-state index in [1.165, 1.54) is 24.4 Å². The van der Waals surface area contributed by atoms with Crippen molar-refractivity contribution in [1.82, 2.24) is 10.1 Å². The Labute approximate surface area is 217 Å². The maximum Gasteiger partial charge on any atom is 0.341 e. The minimum atomic E-state index is -1.08. The number of ether oxygens (including phenoxy) is 2. The first-order chi connectivity index (χ1) is 17.9. The molecule has 0 radical (unpaired) electrons. The summed E-state index contributed by atoms with van der Waals surface area (Å²) in [4.78, 5) is 27.2. The molecule has 3 N–H and O–H groups in total. The number of hydrogen-bond acceptors (Lipinski definition) is 7. The molecular formula is C27H25N4O5S+. The highest BCUT2D eigenvalue weighted by Crippen LogP contribution is 2.35. The molecule has 3 aromatic carbocycles. The molecule has 10 heteroatoms. The number of aliphatic carboxylic acids is 1. The summed E-state index contributed by atoms with van der Waals surface area (Å²) in [6, 6.07) is 21.0. The largest absolute Gasteiger partial charge is 0.493 e. The van der Waals surface area contributed by atoms with Crippen LogP contribution < -0.4 is 25.0 Å². The summed E-state index contributed by atoms with van der Waals surface area (Å²) in [5, 5.41) is 17.7. The monoisotopic (exact) mass is 517 g/mol. The third-order valence-electron chi connectivity index (χ3n) is 5.93. The molecule has 9 nitrogen and oxygen atoms in total. The molecular weight excluding hydrogens is 492 g/mol. The Balaban J connectivity index is 1.54. The summed E-state index contributed by atoms with van der Waals surface area (Å²) in [7, 11) is 1.49. The Bertz CT molecular complexity index is 1520. The fraction of sp³-hybridized carbons (Fsp3) is 0.185. The number of aromatic nitrogens is 3. The summed E-state index contributed by atoms with van der Waals surface area (Å²) >= 11 is 1.45. The van der Waals surface area contributed by atoms with E-state index in [9.17, 15) is 9.59 Å². The minimum absolute atomic E-state index is 0.242. The molecule has 1 aromatic heterocycles. The summed E-state index contributed by atoms with van der Waals surface area (Å²) in [6.07, 6.45) is -0.520. The number of rotatable bonds is 8. The fourth-order valence-corrected chi connectivity index (χ4v) is 4.93. The van der Waals surface area contributed by atoms with E-state index in [0.29, 0.717) is 28.1 Å². The number of carboxylic acids is 1. The first-order valence-electron chi connectivity index (χ1n) is 11.6. The second-order valence-corrected chi connectivity index (χ2v) is 9.48. The molecule has 0 bridgehead atoms. The van der Waals surface area contributed by atoms with Gasteiger partial charge in [-0.05, 0) is 47.5 Å². The van der Waals surface area contributed by atoms with Crippen LogP contribution in [0.2, 0.25) is 0 Å². The van der Waals surface area contributed by atoms with Gasteiger partial charge in [-0.2, -0.15) is 0 Å². The number of hydrogen-bond donors (Lipinski definition) is 3.